The summed E-state index contributed by atoms with van der Waals surface area (Å²) in [4.78, 5) is 31.9. The summed E-state index contributed by atoms with van der Waals surface area (Å²) in [5.41, 5.74) is 1.33. The molecule has 34 heavy (non-hydrogen) atoms. The van der Waals surface area contributed by atoms with Gasteiger partial charge in [-0.2, -0.15) is 0 Å². The number of unbranched alkanes of at least 4 members (excludes halogenated alkanes) is 3. The first-order valence-corrected chi connectivity index (χ1v) is 12.7. The lowest BCUT2D eigenvalue weighted by Crippen LogP contribution is -2.45. The molecule has 0 aliphatic carbocycles. The molecule has 0 unspecified atom stereocenters. The minimum absolute atomic E-state index is 0.116. The number of hydrogen-bond donors (Lipinski definition) is 1. The highest BCUT2D eigenvalue weighted by atomic mass is 32.2. The van der Waals surface area contributed by atoms with Crippen molar-refractivity contribution in [1.29, 1.82) is 0 Å². The molecule has 1 aliphatic rings. The first-order chi connectivity index (χ1) is 16.5. The third-order valence-corrected chi connectivity index (χ3v) is 6.60. The smallest absolute Gasteiger partial charge is 0.238 e. The number of nitrogens with zero attached hydrogens (tertiary/aromatic N) is 2. The molecule has 1 heterocycles. The minimum Gasteiger partial charge on any atom is -0.497 e. The van der Waals surface area contributed by atoms with Gasteiger partial charge < -0.3 is 14.8 Å². The second kappa shape index (κ2) is 13.0. The van der Waals surface area contributed by atoms with Gasteiger partial charge in [0, 0.05) is 24.7 Å². The van der Waals surface area contributed by atoms with E-state index >= 15 is 0 Å². The van der Waals surface area contributed by atoms with Gasteiger partial charge in [0.15, 0.2) is 5.17 Å². The number of hydrogen-bond acceptors (Lipinski definition) is 6. The minimum atomic E-state index is -0.561. The van der Waals surface area contributed by atoms with Crippen LogP contribution in [0.1, 0.15) is 46.0 Å². The average Bonchev–Trinajstić information content (AvgIpc) is 2.85. The third-order valence-electron chi connectivity index (χ3n) is 5.41. The fourth-order valence-corrected chi connectivity index (χ4v) is 4.68. The van der Waals surface area contributed by atoms with E-state index in [0.29, 0.717) is 35.4 Å². The number of rotatable bonds is 11. The second-order valence-electron chi connectivity index (χ2n) is 7.97. The summed E-state index contributed by atoms with van der Waals surface area (Å²) in [6.07, 6.45) is 4.75. The molecule has 1 atom stereocenters. The average molecular weight is 484 g/mol. The number of benzene rings is 2. The Kier molecular flexibility index (Phi) is 9.82. The molecule has 2 aromatic rings. The van der Waals surface area contributed by atoms with Crippen LogP contribution in [0.5, 0.6) is 11.5 Å². The third kappa shape index (κ3) is 7.25. The van der Waals surface area contributed by atoms with Crippen LogP contribution in [-0.4, -0.2) is 47.4 Å². The van der Waals surface area contributed by atoms with E-state index < -0.39 is 5.25 Å². The van der Waals surface area contributed by atoms with Crippen LogP contribution < -0.4 is 14.8 Å². The molecule has 1 fully saturated rings. The van der Waals surface area contributed by atoms with Crippen LogP contribution in [0, 0.1) is 0 Å². The van der Waals surface area contributed by atoms with Crippen molar-refractivity contribution in [3.63, 3.8) is 0 Å². The van der Waals surface area contributed by atoms with E-state index in [0.717, 1.165) is 12.2 Å². The first kappa shape index (κ1) is 25.6. The maximum atomic E-state index is 13.0. The summed E-state index contributed by atoms with van der Waals surface area (Å²) < 4.78 is 11.0. The number of nitrogens with one attached hydrogen (secondary N) is 1. The van der Waals surface area contributed by atoms with Crippen molar-refractivity contribution in [2.75, 3.05) is 25.6 Å². The number of carbonyl (C=O) groups excluding carboxylic acids is 2. The summed E-state index contributed by atoms with van der Waals surface area (Å²) in [7, 11) is 1.59. The Labute approximate surface area is 205 Å². The number of amides is 2. The van der Waals surface area contributed by atoms with Gasteiger partial charge in [-0.15, -0.1) is 0 Å². The maximum Gasteiger partial charge on any atom is 0.238 e. The Morgan fingerprint density at radius 1 is 1.12 bits per heavy atom. The van der Waals surface area contributed by atoms with E-state index in [9.17, 15) is 9.59 Å². The van der Waals surface area contributed by atoms with Gasteiger partial charge in [0.1, 0.15) is 16.7 Å². The summed E-state index contributed by atoms with van der Waals surface area (Å²) in [5.74, 6) is 1.12. The predicted molar refractivity (Wildman–Crippen MR) is 138 cm³/mol. The monoisotopic (exact) mass is 483 g/mol. The van der Waals surface area contributed by atoms with Gasteiger partial charge in [-0.1, -0.05) is 44.0 Å². The first-order valence-electron chi connectivity index (χ1n) is 11.8. The molecule has 2 amide bonds. The van der Waals surface area contributed by atoms with Crippen molar-refractivity contribution in [2.24, 2.45) is 4.99 Å². The topological polar surface area (TPSA) is 80.2 Å². The van der Waals surface area contributed by atoms with Crippen LogP contribution in [0.4, 0.5) is 11.4 Å². The van der Waals surface area contributed by atoms with E-state index in [1.807, 2.05) is 49.4 Å². The Morgan fingerprint density at radius 3 is 2.62 bits per heavy atom. The fourth-order valence-electron chi connectivity index (χ4n) is 3.52. The Hall–Kier alpha value is -3.00. The molecule has 0 spiro atoms. The van der Waals surface area contributed by atoms with Crippen molar-refractivity contribution < 1.29 is 19.1 Å². The van der Waals surface area contributed by atoms with Crippen LogP contribution in [0.15, 0.2) is 53.5 Å². The standard InChI is InChI=1S/C26H33N3O4S/c1-4-6-7-8-16-33-21-14-12-19(13-15-21)27-25(31)23-18-24(30)29(5-2)26(34-23)28-20-10-9-11-22(17-20)32-3/h9-15,17,23H,4-8,16,18H2,1-3H3,(H,27,31)/t23-/m0/s1. The van der Waals surface area contributed by atoms with Gasteiger partial charge >= 0.3 is 0 Å². The summed E-state index contributed by atoms with van der Waals surface area (Å²) in [6.45, 7) is 5.26. The SMILES string of the molecule is CCCCCCOc1ccc(NC(=O)[C@@H]2CC(=O)N(CC)C(=Nc3cccc(OC)c3)S2)cc1. The zero-order valence-electron chi connectivity index (χ0n) is 20.1. The molecule has 1 N–H and O–H groups in total. The van der Waals surface area contributed by atoms with E-state index in [4.69, 9.17) is 9.47 Å². The lowest BCUT2D eigenvalue weighted by atomic mass is 10.2. The highest BCUT2D eigenvalue weighted by Crippen LogP contribution is 2.31. The van der Waals surface area contributed by atoms with Crippen LogP contribution >= 0.6 is 11.8 Å². The predicted octanol–water partition coefficient (Wildman–Crippen LogP) is 5.63. The highest BCUT2D eigenvalue weighted by Gasteiger charge is 2.35. The van der Waals surface area contributed by atoms with Crippen molar-refractivity contribution in [3.05, 3.63) is 48.5 Å². The van der Waals surface area contributed by atoms with Crippen molar-refractivity contribution in [3.8, 4) is 11.5 Å². The normalized spacial score (nSPS) is 17.0. The Bertz CT molecular complexity index is 994. The molecule has 2 aromatic carbocycles. The molecule has 0 aromatic heterocycles. The second-order valence-corrected chi connectivity index (χ2v) is 9.14. The van der Waals surface area contributed by atoms with Crippen LogP contribution in [0.3, 0.4) is 0 Å². The lowest BCUT2D eigenvalue weighted by Gasteiger charge is -2.30. The quantitative estimate of drug-likeness (QED) is 0.419. The van der Waals surface area contributed by atoms with E-state index in [-0.39, 0.29) is 18.2 Å². The van der Waals surface area contributed by atoms with Crippen LogP contribution in [-0.2, 0) is 9.59 Å². The molecule has 0 saturated carbocycles. The van der Waals surface area contributed by atoms with Crippen molar-refractivity contribution >= 4 is 40.1 Å². The summed E-state index contributed by atoms with van der Waals surface area (Å²) in [6, 6.07) is 14.6. The number of aliphatic imine (C=N–C) groups is 1. The number of thioether (sulfide) groups is 1. The molecule has 8 heteroatoms. The maximum absolute atomic E-state index is 13.0. The molecular weight excluding hydrogens is 450 g/mol. The largest absolute Gasteiger partial charge is 0.497 e. The van der Waals surface area contributed by atoms with Gasteiger partial charge in [0.25, 0.3) is 0 Å². The van der Waals surface area contributed by atoms with Crippen molar-refractivity contribution in [1.82, 2.24) is 4.90 Å². The van der Waals surface area contributed by atoms with Crippen LogP contribution in [0.2, 0.25) is 0 Å². The number of anilines is 1. The number of carbonyl (C=O) groups is 2. The fraction of sp³-hybridized carbons (Fsp3) is 0.423. The van der Waals surface area contributed by atoms with Crippen LogP contribution in [0.25, 0.3) is 0 Å². The molecule has 7 nitrogen and oxygen atoms in total. The summed E-state index contributed by atoms with van der Waals surface area (Å²) in [5, 5.41) is 2.87. The zero-order valence-corrected chi connectivity index (χ0v) is 20.9. The highest BCUT2D eigenvalue weighted by molar-refractivity contribution is 8.15. The molecule has 3 rings (SSSR count). The van der Waals surface area contributed by atoms with Gasteiger partial charge in [-0.3, -0.25) is 14.5 Å². The van der Waals surface area contributed by atoms with E-state index in [2.05, 4.69) is 17.2 Å². The van der Waals surface area contributed by atoms with Gasteiger partial charge in [-0.25, -0.2) is 4.99 Å². The molecule has 0 bridgehead atoms. The summed E-state index contributed by atoms with van der Waals surface area (Å²) >= 11 is 1.30. The Morgan fingerprint density at radius 2 is 1.91 bits per heavy atom. The zero-order chi connectivity index (χ0) is 24.3. The number of amidine groups is 1. The van der Waals surface area contributed by atoms with E-state index in [1.165, 1.54) is 31.0 Å². The lowest BCUT2D eigenvalue weighted by molar-refractivity contribution is -0.129. The molecule has 1 saturated heterocycles. The van der Waals surface area contributed by atoms with E-state index in [1.54, 1.807) is 18.1 Å². The number of methoxy groups -OCH3 is 1. The number of ether oxygens (including phenoxy) is 2. The van der Waals surface area contributed by atoms with Gasteiger partial charge in [-0.05, 0) is 49.7 Å². The van der Waals surface area contributed by atoms with Gasteiger partial charge in [0.05, 0.1) is 19.4 Å². The molecule has 1 aliphatic heterocycles. The molecular formula is C26H33N3O4S. The Balaban J connectivity index is 1.63. The van der Waals surface area contributed by atoms with Gasteiger partial charge in [0.2, 0.25) is 11.8 Å². The molecule has 0 radical (unpaired) electrons. The molecule has 182 valence electrons. The van der Waals surface area contributed by atoms with Crippen molar-refractivity contribution in [2.45, 2.75) is 51.2 Å².